The maximum absolute atomic E-state index is 9.85. The van der Waals surface area contributed by atoms with Gasteiger partial charge >= 0.3 is 0 Å². The van der Waals surface area contributed by atoms with Gasteiger partial charge in [-0.2, -0.15) is 11.8 Å². The highest BCUT2D eigenvalue weighted by atomic mass is 32.2. The van der Waals surface area contributed by atoms with Crippen molar-refractivity contribution in [2.45, 2.75) is 38.7 Å². The molecule has 1 rings (SSSR count). The minimum Gasteiger partial charge on any atom is -0.389 e. The summed E-state index contributed by atoms with van der Waals surface area (Å²) in [4.78, 5) is 4.40. The summed E-state index contributed by atoms with van der Waals surface area (Å²) in [6, 6.07) is 0. The molecule has 1 aliphatic rings. The zero-order valence-electron chi connectivity index (χ0n) is 13.4. The molecule has 0 saturated heterocycles. The molecule has 1 atom stereocenters. The Morgan fingerprint density at radius 2 is 2.19 bits per heavy atom. The summed E-state index contributed by atoms with van der Waals surface area (Å²) in [5.74, 6) is 2.72. The van der Waals surface area contributed by atoms with E-state index in [2.05, 4.69) is 21.9 Å². The number of aliphatic hydroxyl groups is 1. The highest BCUT2D eigenvalue weighted by Gasteiger charge is 2.21. The standard InChI is InChI=1S/C15H31N3O2S/c1-3-16-15(17-8-4-5-9-21-2)18-10-14(19)12-20-11-13-6-7-13/h13-14,19H,3-12H2,1-2H3,(H2,16,17,18). The van der Waals surface area contributed by atoms with Gasteiger partial charge in [0.1, 0.15) is 0 Å². The van der Waals surface area contributed by atoms with Crippen LogP contribution in [-0.4, -0.2) is 62.0 Å². The summed E-state index contributed by atoms with van der Waals surface area (Å²) in [6.07, 6.45) is 6.52. The van der Waals surface area contributed by atoms with Gasteiger partial charge < -0.3 is 20.5 Å². The van der Waals surface area contributed by atoms with E-state index in [1.165, 1.54) is 25.0 Å². The molecular formula is C15H31N3O2S. The number of aliphatic imine (C=N–C) groups is 1. The average Bonchev–Trinajstić information content (AvgIpc) is 3.28. The van der Waals surface area contributed by atoms with Crippen molar-refractivity contribution in [3.05, 3.63) is 0 Å². The van der Waals surface area contributed by atoms with Crippen LogP contribution in [0.4, 0.5) is 0 Å². The smallest absolute Gasteiger partial charge is 0.191 e. The summed E-state index contributed by atoms with van der Waals surface area (Å²) in [6.45, 7) is 5.33. The van der Waals surface area contributed by atoms with Crippen molar-refractivity contribution >= 4 is 17.7 Å². The molecule has 21 heavy (non-hydrogen) atoms. The summed E-state index contributed by atoms with van der Waals surface area (Å²) in [7, 11) is 0. The summed E-state index contributed by atoms with van der Waals surface area (Å²) < 4.78 is 5.47. The van der Waals surface area contributed by atoms with Crippen molar-refractivity contribution in [1.82, 2.24) is 10.6 Å². The van der Waals surface area contributed by atoms with Gasteiger partial charge in [0, 0.05) is 19.7 Å². The van der Waals surface area contributed by atoms with Gasteiger partial charge in [-0.1, -0.05) is 0 Å². The number of unbranched alkanes of at least 4 members (excludes halogenated alkanes) is 1. The molecule has 1 fully saturated rings. The first-order chi connectivity index (χ1) is 10.3. The number of nitrogens with zero attached hydrogens (tertiary/aromatic N) is 1. The molecule has 0 aromatic rings. The largest absolute Gasteiger partial charge is 0.389 e. The molecule has 0 aromatic heterocycles. The van der Waals surface area contributed by atoms with Crippen molar-refractivity contribution in [2.75, 3.05) is 44.9 Å². The zero-order valence-corrected chi connectivity index (χ0v) is 14.3. The van der Waals surface area contributed by atoms with E-state index in [0.717, 1.165) is 38.0 Å². The van der Waals surface area contributed by atoms with Crippen LogP contribution in [0.15, 0.2) is 4.99 Å². The van der Waals surface area contributed by atoms with Crippen molar-refractivity contribution in [2.24, 2.45) is 10.9 Å². The van der Waals surface area contributed by atoms with E-state index in [4.69, 9.17) is 4.74 Å². The van der Waals surface area contributed by atoms with Gasteiger partial charge in [0.2, 0.25) is 0 Å². The maximum atomic E-state index is 9.85. The van der Waals surface area contributed by atoms with Crippen LogP contribution in [0, 0.1) is 5.92 Å². The lowest BCUT2D eigenvalue weighted by molar-refractivity contribution is 0.0368. The van der Waals surface area contributed by atoms with Crippen LogP contribution in [0.2, 0.25) is 0 Å². The molecule has 5 nitrogen and oxygen atoms in total. The third-order valence-electron chi connectivity index (χ3n) is 3.23. The third-order valence-corrected chi connectivity index (χ3v) is 3.93. The fraction of sp³-hybridized carbons (Fsp3) is 0.933. The average molecular weight is 317 g/mol. The van der Waals surface area contributed by atoms with Crippen LogP contribution in [-0.2, 0) is 4.74 Å². The molecule has 1 saturated carbocycles. The number of guanidine groups is 1. The summed E-state index contributed by atoms with van der Waals surface area (Å²) in [5.41, 5.74) is 0. The molecular weight excluding hydrogens is 286 g/mol. The van der Waals surface area contributed by atoms with Gasteiger partial charge in [0.05, 0.1) is 19.3 Å². The second-order valence-electron chi connectivity index (χ2n) is 5.48. The molecule has 3 N–H and O–H groups in total. The monoisotopic (exact) mass is 317 g/mol. The number of nitrogens with one attached hydrogen (secondary N) is 2. The van der Waals surface area contributed by atoms with Gasteiger partial charge in [-0.05, 0) is 50.5 Å². The van der Waals surface area contributed by atoms with E-state index in [1.54, 1.807) is 0 Å². The lowest BCUT2D eigenvalue weighted by Crippen LogP contribution is -2.38. The predicted molar refractivity (Wildman–Crippen MR) is 91.1 cm³/mol. The van der Waals surface area contributed by atoms with Crippen molar-refractivity contribution < 1.29 is 9.84 Å². The molecule has 124 valence electrons. The van der Waals surface area contributed by atoms with Crippen LogP contribution in [0.5, 0.6) is 0 Å². The fourth-order valence-corrected chi connectivity index (χ4v) is 2.32. The van der Waals surface area contributed by atoms with Crippen LogP contribution >= 0.6 is 11.8 Å². The lowest BCUT2D eigenvalue weighted by atomic mass is 10.3. The Hall–Kier alpha value is -0.460. The fourth-order valence-electron chi connectivity index (χ4n) is 1.82. The number of ether oxygens (including phenoxy) is 1. The van der Waals surface area contributed by atoms with E-state index < -0.39 is 6.10 Å². The molecule has 0 spiro atoms. The maximum Gasteiger partial charge on any atom is 0.191 e. The molecule has 6 heteroatoms. The molecule has 0 aromatic carbocycles. The Morgan fingerprint density at radius 1 is 1.38 bits per heavy atom. The summed E-state index contributed by atoms with van der Waals surface area (Å²) in [5, 5.41) is 16.3. The van der Waals surface area contributed by atoms with Crippen LogP contribution < -0.4 is 10.6 Å². The molecule has 1 unspecified atom stereocenters. The van der Waals surface area contributed by atoms with Crippen molar-refractivity contribution in [1.29, 1.82) is 0 Å². The first kappa shape index (κ1) is 18.6. The Kier molecular flexibility index (Phi) is 10.7. The topological polar surface area (TPSA) is 65.9 Å². The molecule has 0 amide bonds. The highest BCUT2D eigenvalue weighted by molar-refractivity contribution is 7.98. The number of aliphatic hydroxyl groups excluding tert-OH is 1. The minimum absolute atomic E-state index is 0.380. The minimum atomic E-state index is -0.518. The van der Waals surface area contributed by atoms with Gasteiger partial charge in [-0.15, -0.1) is 0 Å². The highest BCUT2D eigenvalue weighted by Crippen LogP contribution is 2.28. The van der Waals surface area contributed by atoms with Crippen molar-refractivity contribution in [3.63, 3.8) is 0 Å². The van der Waals surface area contributed by atoms with Gasteiger partial charge in [0.25, 0.3) is 0 Å². The van der Waals surface area contributed by atoms with E-state index in [0.29, 0.717) is 13.2 Å². The Bertz CT molecular complexity index is 286. The van der Waals surface area contributed by atoms with Gasteiger partial charge in [0.15, 0.2) is 5.96 Å². The first-order valence-corrected chi connectivity index (χ1v) is 9.42. The van der Waals surface area contributed by atoms with E-state index in [-0.39, 0.29) is 0 Å². The number of hydrogen-bond acceptors (Lipinski definition) is 4. The quantitative estimate of drug-likeness (QED) is 0.289. The van der Waals surface area contributed by atoms with Gasteiger partial charge in [-0.25, -0.2) is 0 Å². The Labute approximate surface area is 133 Å². The van der Waals surface area contributed by atoms with E-state index >= 15 is 0 Å². The molecule has 0 bridgehead atoms. The van der Waals surface area contributed by atoms with E-state index in [9.17, 15) is 5.11 Å². The Balaban J connectivity index is 2.12. The second kappa shape index (κ2) is 12.1. The molecule has 0 aliphatic heterocycles. The van der Waals surface area contributed by atoms with E-state index in [1.807, 2.05) is 18.7 Å². The van der Waals surface area contributed by atoms with Gasteiger partial charge in [-0.3, -0.25) is 4.99 Å². The predicted octanol–water partition coefficient (Wildman–Crippen LogP) is 1.47. The van der Waals surface area contributed by atoms with Crippen LogP contribution in [0.3, 0.4) is 0 Å². The SMILES string of the molecule is CCNC(=NCC(O)COCC1CC1)NCCCCSC. The molecule has 0 radical (unpaired) electrons. The number of thioether (sulfide) groups is 1. The van der Waals surface area contributed by atoms with Crippen LogP contribution in [0.1, 0.15) is 32.6 Å². The normalized spacial score (nSPS) is 16.8. The number of rotatable bonds is 12. The molecule has 0 heterocycles. The first-order valence-electron chi connectivity index (χ1n) is 8.03. The zero-order chi connectivity index (χ0) is 15.3. The Morgan fingerprint density at radius 3 is 2.86 bits per heavy atom. The third kappa shape index (κ3) is 10.8. The molecule has 1 aliphatic carbocycles. The number of hydrogen-bond donors (Lipinski definition) is 3. The second-order valence-corrected chi connectivity index (χ2v) is 6.47. The lowest BCUT2D eigenvalue weighted by Gasteiger charge is -2.13. The van der Waals surface area contributed by atoms with Crippen molar-refractivity contribution in [3.8, 4) is 0 Å². The van der Waals surface area contributed by atoms with Crippen LogP contribution in [0.25, 0.3) is 0 Å². The summed E-state index contributed by atoms with van der Waals surface area (Å²) >= 11 is 1.88.